The van der Waals surface area contributed by atoms with Crippen molar-refractivity contribution in [3.63, 3.8) is 0 Å². The lowest BCUT2D eigenvalue weighted by Crippen LogP contribution is -2.13. The Hall–Kier alpha value is -1.38. The van der Waals surface area contributed by atoms with Crippen LogP contribution in [0.15, 0.2) is 24.3 Å². The average molecular weight is 224 g/mol. The Kier molecular flexibility index (Phi) is 6.38. The van der Waals surface area contributed by atoms with Crippen LogP contribution < -0.4 is 0 Å². The lowest BCUT2D eigenvalue weighted by Gasteiger charge is -2.11. The van der Waals surface area contributed by atoms with Crippen LogP contribution in [0.1, 0.15) is 33.6 Å². The Balaban J connectivity index is 3.79. The molecule has 16 heavy (non-hydrogen) atoms. The minimum atomic E-state index is -0.377. The Morgan fingerprint density at radius 1 is 1.19 bits per heavy atom. The quantitative estimate of drug-likeness (QED) is 0.493. The highest BCUT2D eigenvalue weighted by Gasteiger charge is 2.10. The zero-order valence-corrected chi connectivity index (χ0v) is 10.3. The summed E-state index contributed by atoms with van der Waals surface area (Å²) in [6.07, 6.45) is 1.16. The maximum atomic E-state index is 11.3. The van der Waals surface area contributed by atoms with E-state index in [1.54, 1.807) is 13.8 Å². The van der Waals surface area contributed by atoms with E-state index in [0.29, 0.717) is 30.6 Å². The molecule has 0 N–H and O–H groups in total. The molecule has 0 aliphatic heterocycles. The number of allylic oxidation sites excluding steroid dienone is 1. The summed E-state index contributed by atoms with van der Waals surface area (Å²) in [7, 11) is 0. The SMILES string of the molecule is C=C(C)C(=O)CCC(C)COC(=O)C(=C)C. The van der Waals surface area contributed by atoms with Crippen molar-refractivity contribution in [2.75, 3.05) is 6.61 Å². The molecule has 0 amide bonds. The summed E-state index contributed by atoms with van der Waals surface area (Å²) in [5.74, 6) is -0.136. The molecule has 3 nitrogen and oxygen atoms in total. The van der Waals surface area contributed by atoms with Gasteiger partial charge in [0.15, 0.2) is 5.78 Å². The number of Topliss-reactive ketones (excluding diaryl/α,β-unsaturated/α-hetero) is 1. The van der Waals surface area contributed by atoms with Crippen molar-refractivity contribution in [3.8, 4) is 0 Å². The van der Waals surface area contributed by atoms with Gasteiger partial charge in [-0.15, -0.1) is 0 Å². The number of carbonyl (C=O) groups is 2. The lowest BCUT2D eigenvalue weighted by molar-refractivity contribution is -0.140. The fourth-order valence-corrected chi connectivity index (χ4v) is 1.02. The van der Waals surface area contributed by atoms with Crippen LogP contribution >= 0.6 is 0 Å². The summed E-state index contributed by atoms with van der Waals surface area (Å²) in [5, 5.41) is 0. The van der Waals surface area contributed by atoms with Crippen molar-refractivity contribution in [2.45, 2.75) is 33.6 Å². The van der Waals surface area contributed by atoms with Crippen LogP contribution in [0, 0.1) is 5.92 Å². The van der Waals surface area contributed by atoms with Gasteiger partial charge in [0.2, 0.25) is 0 Å². The van der Waals surface area contributed by atoms with Crippen LogP contribution in [0.5, 0.6) is 0 Å². The van der Waals surface area contributed by atoms with Gasteiger partial charge in [0, 0.05) is 12.0 Å². The molecule has 0 aromatic carbocycles. The van der Waals surface area contributed by atoms with Crippen LogP contribution in [0.2, 0.25) is 0 Å². The van der Waals surface area contributed by atoms with Crippen LogP contribution in [0.25, 0.3) is 0 Å². The third-order valence-corrected chi connectivity index (χ3v) is 2.19. The van der Waals surface area contributed by atoms with Gasteiger partial charge >= 0.3 is 5.97 Å². The summed E-state index contributed by atoms with van der Waals surface area (Å²) in [4.78, 5) is 22.4. The summed E-state index contributed by atoms with van der Waals surface area (Å²) in [6.45, 7) is 12.7. The van der Waals surface area contributed by atoms with Crippen molar-refractivity contribution in [2.24, 2.45) is 5.92 Å². The molecule has 0 aliphatic rings. The van der Waals surface area contributed by atoms with Crippen LogP contribution in [-0.2, 0) is 14.3 Å². The van der Waals surface area contributed by atoms with Gasteiger partial charge < -0.3 is 4.74 Å². The number of ether oxygens (including phenoxy) is 1. The van der Waals surface area contributed by atoms with E-state index in [1.807, 2.05) is 6.92 Å². The lowest BCUT2D eigenvalue weighted by atomic mass is 10.0. The molecule has 3 heteroatoms. The second-order valence-corrected chi connectivity index (χ2v) is 4.23. The second kappa shape index (κ2) is 6.99. The Bertz CT molecular complexity index is 272. The standard InChI is InChI=1S/C13H20O3/c1-9(2)12(14)7-6-11(5)8-16-13(15)10(3)4/h11H,1,3,6-8H2,2,4-5H3. The van der Waals surface area contributed by atoms with Gasteiger partial charge in [0.1, 0.15) is 0 Å². The molecule has 0 aromatic heterocycles. The van der Waals surface area contributed by atoms with Crippen molar-refractivity contribution >= 4 is 11.8 Å². The van der Waals surface area contributed by atoms with Gasteiger partial charge in [-0.2, -0.15) is 0 Å². The molecule has 90 valence electrons. The molecule has 1 unspecified atom stereocenters. The van der Waals surface area contributed by atoms with Gasteiger partial charge in [0.25, 0.3) is 0 Å². The monoisotopic (exact) mass is 224 g/mol. The van der Waals surface area contributed by atoms with E-state index in [9.17, 15) is 9.59 Å². The Morgan fingerprint density at radius 3 is 2.19 bits per heavy atom. The number of esters is 1. The molecule has 1 atom stereocenters. The van der Waals surface area contributed by atoms with Crippen LogP contribution in [0.4, 0.5) is 0 Å². The molecular weight excluding hydrogens is 204 g/mol. The predicted octanol–water partition coefficient (Wildman–Crippen LogP) is 2.67. The zero-order valence-electron chi connectivity index (χ0n) is 10.3. The largest absolute Gasteiger partial charge is 0.462 e. The van der Waals surface area contributed by atoms with E-state index in [1.165, 1.54) is 0 Å². The van der Waals surface area contributed by atoms with Gasteiger partial charge in [-0.3, -0.25) is 4.79 Å². The van der Waals surface area contributed by atoms with E-state index in [4.69, 9.17) is 4.74 Å². The molecule has 0 aliphatic carbocycles. The third kappa shape index (κ3) is 6.17. The number of hydrogen-bond donors (Lipinski definition) is 0. The van der Waals surface area contributed by atoms with E-state index < -0.39 is 0 Å². The number of ketones is 1. The van der Waals surface area contributed by atoms with E-state index >= 15 is 0 Å². The number of rotatable bonds is 7. The highest BCUT2D eigenvalue weighted by Crippen LogP contribution is 2.09. The molecule has 0 heterocycles. The first-order chi connectivity index (χ1) is 7.34. The van der Waals surface area contributed by atoms with Crippen LogP contribution in [-0.4, -0.2) is 18.4 Å². The van der Waals surface area contributed by atoms with E-state index in [2.05, 4.69) is 13.2 Å². The minimum Gasteiger partial charge on any atom is -0.462 e. The zero-order chi connectivity index (χ0) is 12.7. The normalized spacial score (nSPS) is 11.7. The molecule has 0 radical (unpaired) electrons. The van der Waals surface area contributed by atoms with Crippen molar-refractivity contribution in [1.82, 2.24) is 0 Å². The van der Waals surface area contributed by atoms with Crippen molar-refractivity contribution in [3.05, 3.63) is 24.3 Å². The first-order valence-electron chi connectivity index (χ1n) is 5.36. The van der Waals surface area contributed by atoms with Gasteiger partial charge in [0.05, 0.1) is 6.61 Å². The smallest absolute Gasteiger partial charge is 0.333 e. The molecular formula is C13H20O3. The topological polar surface area (TPSA) is 43.4 Å². The van der Waals surface area contributed by atoms with Gasteiger partial charge in [-0.05, 0) is 31.8 Å². The highest BCUT2D eigenvalue weighted by molar-refractivity contribution is 5.94. The summed E-state index contributed by atoms with van der Waals surface area (Å²) >= 11 is 0. The molecule has 0 aromatic rings. The predicted molar refractivity (Wildman–Crippen MR) is 64.0 cm³/mol. The Labute approximate surface area is 97.2 Å². The van der Waals surface area contributed by atoms with E-state index in [0.717, 1.165) is 0 Å². The third-order valence-electron chi connectivity index (χ3n) is 2.19. The maximum absolute atomic E-state index is 11.3. The molecule has 0 bridgehead atoms. The fraction of sp³-hybridized carbons (Fsp3) is 0.538. The van der Waals surface area contributed by atoms with Crippen LogP contribution in [0.3, 0.4) is 0 Å². The minimum absolute atomic E-state index is 0.0677. The first-order valence-corrected chi connectivity index (χ1v) is 5.36. The van der Waals surface area contributed by atoms with Gasteiger partial charge in [-0.1, -0.05) is 20.1 Å². The van der Waals surface area contributed by atoms with Crippen molar-refractivity contribution < 1.29 is 14.3 Å². The maximum Gasteiger partial charge on any atom is 0.333 e. The fourth-order valence-electron chi connectivity index (χ4n) is 1.02. The Morgan fingerprint density at radius 2 is 1.75 bits per heavy atom. The average Bonchev–Trinajstić information content (AvgIpc) is 2.21. The number of hydrogen-bond acceptors (Lipinski definition) is 3. The molecule has 0 fully saturated rings. The number of carbonyl (C=O) groups excluding carboxylic acids is 2. The molecule has 0 saturated heterocycles. The molecule has 0 spiro atoms. The summed E-state index contributed by atoms with van der Waals surface area (Å²) in [6, 6.07) is 0. The van der Waals surface area contributed by atoms with Crippen molar-refractivity contribution in [1.29, 1.82) is 0 Å². The molecule has 0 saturated carbocycles. The van der Waals surface area contributed by atoms with E-state index in [-0.39, 0.29) is 17.7 Å². The second-order valence-electron chi connectivity index (χ2n) is 4.23. The van der Waals surface area contributed by atoms with Gasteiger partial charge in [-0.25, -0.2) is 4.79 Å². The summed E-state index contributed by atoms with van der Waals surface area (Å²) < 4.78 is 4.99. The summed E-state index contributed by atoms with van der Waals surface area (Å²) in [5.41, 5.74) is 0.969. The first kappa shape index (κ1) is 14.6. The molecule has 0 rings (SSSR count). The highest BCUT2D eigenvalue weighted by atomic mass is 16.5.